The van der Waals surface area contributed by atoms with E-state index < -0.39 is 17.5 Å². The van der Waals surface area contributed by atoms with Crippen LogP contribution in [0.4, 0.5) is 13.2 Å². The Balaban J connectivity index is 3.41. The molecule has 0 aliphatic heterocycles. The first-order valence-electron chi connectivity index (χ1n) is 4.81. The molecule has 0 aliphatic carbocycles. The van der Waals surface area contributed by atoms with Crippen LogP contribution in [-0.2, 0) is 6.18 Å². The van der Waals surface area contributed by atoms with Gasteiger partial charge < -0.3 is 4.74 Å². The first-order valence-corrected chi connectivity index (χ1v) is 5.61. The normalized spacial score (nSPS) is 11.4. The Labute approximate surface area is 105 Å². The molecule has 0 spiro atoms. The standard InChI is InChI=1S/C11H10BrF3O2/c1-3-17-10-4-7(6(2)16)8(5-9(10)12)11(13,14)15/h4-5H,3H2,1-2H3. The number of hydrogen-bond acceptors (Lipinski definition) is 2. The molecule has 0 saturated heterocycles. The van der Waals surface area contributed by atoms with Crippen LogP contribution in [0.25, 0.3) is 0 Å². The van der Waals surface area contributed by atoms with Crippen LogP contribution in [0.3, 0.4) is 0 Å². The molecule has 0 atom stereocenters. The molecular formula is C11H10BrF3O2. The molecule has 0 unspecified atom stereocenters. The summed E-state index contributed by atoms with van der Waals surface area (Å²) in [5.41, 5.74) is -1.34. The van der Waals surface area contributed by atoms with Crippen molar-refractivity contribution in [3.63, 3.8) is 0 Å². The maximum atomic E-state index is 12.7. The van der Waals surface area contributed by atoms with E-state index in [9.17, 15) is 18.0 Å². The van der Waals surface area contributed by atoms with Crippen LogP contribution in [0.1, 0.15) is 29.8 Å². The van der Waals surface area contributed by atoms with Gasteiger partial charge in [-0.1, -0.05) is 0 Å². The van der Waals surface area contributed by atoms with Gasteiger partial charge in [0.05, 0.1) is 16.6 Å². The van der Waals surface area contributed by atoms with Crippen molar-refractivity contribution in [2.75, 3.05) is 6.61 Å². The van der Waals surface area contributed by atoms with Crippen LogP contribution in [-0.4, -0.2) is 12.4 Å². The maximum Gasteiger partial charge on any atom is 0.417 e. The van der Waals surface area contributed by atoms with E-state index in [0.717, 1.165) is 19.1 Å². The average Bonchev–Trinajstić information content (AvgIpc) is 2.19. The van der Waals surface area contributed by atoms with Gasteiger partial charge >= 0.3 is 6.18 Å². The van der Waals surface area contributed by atoms with Crippen molar-refractivity contribution in [3.8, 4) is 5.75 Å². The summed E-state index contributed by atoms with van der Waals surface area (Å²) in [5, 5.41) is 0. The lowest BCUT2D eigenvalue weighted by Gasteiger charge is -2.14. The molecule has 1 rings (SSSR count). The van der Waals surface area contributed by atoms with Crippen molar-refractivity contribution < 1.29 is 22.7 Å². The molecule has 94 valence electrons. The molecule has 0 saturated carbocycles. The number of alkyl halides is 3. The number of carbonyl (C=O) groups is 1. The number of halogens is 4. The second-order valence-corrected chi connectivity index (χ2v) is 4.17. The molecule has 0 fully saturated rings. The summed E-state index contributed by atoms with van der Waals surface area (Å²) in [7, 11) is 0. The first-order chi connectivity index (χ1) is 7.77. The Morgan fingerprint density at radius 1 is 1.41 bits per heavy atom. The van der Waals surface area contributed by atoms with E-state index in [0.29, 0.717) is 6.61 Å². The van der Waals surface area contributed by atoms with Crippen molar-refractivity contribution in [2.45, 2.75) is 20.0 Å². The number of rotatable bonds is 3. The van der Waals surface area contributed by atoms with Crippen LogP contribution < -0.4 is 4.74 Å². The van der Waals surface area contributed by atoms with Crippen LogP contribution in [0.2, 0.25) is 0 Å². The van der Waals surface area contributed by atoms with Gasteiger partial charge in [-0.2, -0.15) is 13.2 Å². The van der Waals surface area contributed by atoms with Crippen LogP contribution in [0.5, 0.6) is 5.75 Å². The van der Waals surface area contributed by atoms with Gasteiger partial charge in [-0.05, 0) is 41.9 Å². The quantitative estimate of drug-likeness (QED) is 0.787. The van der Waals surface area contributed by atoms with E-state index in [-0.39, 0.29) is 15.8 Å². The third-order valence-electron chi connectivity index (χ3n) is 2.06. The lowest BCUT2D eigenvalue weighted by Crippen LogP contribution is -2.12. The van der Waals surface area contributed by atoms with Gasteiger partial charge in [0, 0.05) is 5.56 Å². The highest BCUT2D eigenvalue weighted by molar-refractivity contribution is 9.10. The van der Waals surface area contributed by atoms with Gasteiger partial charge in [0.2, 0.25) is 0 Å². The van der Waals surface area contributed by atoms with E-state index >= 15 is 0 Å². The van der Waals surface area contributed by atoms with Crippen molar-refractivity contribution in [1.29, 1.82) is 0 Å². The molecule has 0 amide bonds. The zero-order valence-corrected chi connectivity index (χ0v) is 10.8. The molecule has 0 aliphatic rings. The SMILES string of the molecule is CCOc1cc(C(C)=O)c(C(F)(F)F)cc1Br. The van der Waals surface area contributed by atoms with E-state index in [1.165, 1.54) is 0 Å². The Morgan fingerprint density at radius 2 is 2.00 bits per heavy atom. The van der Waals surface area contributed by atoms with Crippen LogP contribution in [0, 0.1) is 0 Å². The minimum absolute atomic E-state index is 0.177. The summed E-state index contributed by atoms with van der Waals surface area (Å²) in [6.45, 7) is 3.10. The topological polar surface area (TPSA) is 26.3 Å². The van der Waals surface area contributed by atoms with E-state index in [4.69, 9.17) is 4.74 Å². The molecular weight excluding hydrogens is 301 g/mol. The number of hydrogen-bond donors (Lipinski definition) is 0. The molecule has 1 aromatic rings. The molecule has 0 radical (unpaired) electrons. The molecule has 0 aromatic heterocycles. The highest BCUT2D eigenvalue weighted by atomic mass is 79.9. The molecule has 2 nitrogen and oxygen atoms in total. The summed E-state index contributed by atoms with van der Waals surface area (Å²) in [5.74, 6) is -0.420. The van der Waals surface area contributed by atoms with Gasteiger partial charge in [-0.15, -0.1) is 0 Å². The highest BCUT2D eigenvalue weighted by Crippen LogP contribution is 2.38. The smallest absolute Gasteiger partial charge is 0.417 e. The van der Waals surface area contributed by atoms with Crippen molar-refractivity contribution >= 4 is 21.7 Å². The number of carbonyl (C=O) groups excluding carboxylic acids is 1. The number of ketones is 1. The van der Waals surface area contributed by atoms with E-state index in [1.54, 1.807) is 6.92 Å². The lowest BCUT2D eigenvalue weighted by atomic mass is 10.0. The third kappa shape index (κ3) is 3.21. The van der Waals surface area contributed by atoms with Crippen molar-refractivity contribution in [2.24, 2.45) is 0 Å². The molecule has 0 N–H and O–H groups in total. The predicted octanol–water partition coefficient (Wildman–Crippen LogP) is 4.07. The fourth-order valence-corrected chi connectivity index (χ4v) is 1.80. The Morgan fingerprint density at radius 3 is 2.41 bits per heavy atom. The maximum absolute atomic E-state index is 12.7. The van der Waals surface area contributed by atoms with Gasteiger partial charge in [0.15, 0.2) is 5.78 Å². The number of ether oxygens (including phenoxy) is 1. The first kappa shape index (κ1) is 14.0. The van der Waals surface area contributed by atoms with Crippen molar-refractivity contribution in [1.82, 2.24) is 0 Å². The summed E-state index contributed by atoms with van der Waals surface area (Å²) in [6, 6.07) is 1.97. The lowest BCUT2D eigenvalue weighted by molar-refractivity contribution is -0.138. The van der Waals surface area contributed by atoms with Crippen molar-refractivity contribution in [3.05, 3.63) is 27.7 Å². The summed E-state index contributed by atoms with van der Waals surface area (Å²) < 4.78 is 43.4. The van der Waals surface area contributed by atoms with Gasteiger partial charge in [-0.25, -0.2) is 0 Å². The Bertz CT molecular complexity index is 441. The van der Waals surface area contributed by atoms with Crippen LogP contribution >= 0.6 is 15.9 Å². The third-order valence-corrected chi connectivity index (χ3v) is 2.68. The predicted molar refractivity (Wildman–Crippen MR) is 60.3 cm³/mol. The summed E-state index contributed by atoms with van der Waals surface area (Å²) >= 11 is 2.99. The van der Waals surface area contributed by atoms with Gasteiger partial charge in [0.1, 0.15) is 5.75 Å². The zero-order chi connectivity index (χ0) is 13.2. The largest absolute Gasteiger partial charge is 0.493 e. The Hall–Kier alpha value is -1.04. The number of Topliss-reactive ketones (excluding diaryl/α,β-unsaturated/α-hetero) is 1. The summed E-state index contributed by atoms with van der Waals surface area (Å²) in [4.78, 5) is 11.2. The fourth-order valence-electron chi connectivity index (χ4n) is 1.35. The molecule has 0 bridgehead atoms. The monoisotopic (exact) mass is 310 g/mol. The highest BCUT2D eigenvalue weighted by Gasteiger charge is 2.35. The average molecular weight is 311 g/mol. The van der Waals surface area contributed by atoms with Gasteiger partial charge in [-0.3, -0.25) is 4.79 Å². The Kier molecular flexibility index (Phi) is 4.19. The number of benzene rings is 1. The molecule has 17 heavy (non-hydrogen) atoms. The van der Waals surface area contributed by atoms with Crippen LogP contribution in [0.15, 0.2) is 16.6 Å². The molecule has 1 aromatic carbocycles. The zero-order valence-electron chi connectivity index (χ0n) is 9.19. The van der Waals surface area contributed by atoms with E-state index in [1.807, 2.05) is 0 Å². The second-order valence-electron chi connectivity index (χ2n) is 3.32. The minimum atomic E-state index is -4.56. The molecule has 0 heterocycles. The second kappa shape index (κ2) is 5.08. The van der Waals surface area contributed by atoms with E-state index in [2.05, 4.69) is 15.9 Å². The minimum Gasteiger partial charge on any atom is -0.493 e. The summed E-state index contributed by atoms with van der Waals surface area (Å²) in [6.07, 6.45) is -4.56. The molecule has 6 heteroatoms. The fraction of sp³-hybridized carbons (Fsp3) is 0.364. The van der Waals surface area contributed by atoms with Gasteiger partial charge in [0.25, 0.3) is 0 Å².